The summed E-state index contributed by atoms with van der Waals surface area (Å²) in [7, 11) is 1.94. The van der Waals surface area contributed by atoms with Crippen LogP contribution in [0.1, 0.15) is 43.7 Å². The van der Waals surface area contributed by atoms with Crippen molar-refractivity contribution >= 4 is 0 Å². The minimum absolute atomic E-state index is 0.277. The summed E-state index contributed by atoms with van der Waals surface area (Å²) in [5, 5.41) is 4.20. The molecule has 0 amide bonds. The lowest BCUT2D eigenvalue weighted by Crippen LogP contribution is -2.34. The van der Waals surface area contributed by atoms with Crippen LogP contribution in [0.25, 0.3) is 0 Å². The molecule has 0 bridgehead atoms. The van der Waals surface area contributed by atoms with Crippen LogP contribution in [0.15, 0.2) is 12.4 Å². The molecule has 1 saturated carbocycles. The average Bonchev–Trinajstić information content (AvgIpc) is 2.68. The first-order valence-electron chi connectivity index (χ1n) is 5.76. The zero-order valence-electron chi connectivity index (χ0n) is 9.32. The Hall–Kier alpha value is -0.870. The predicted octanol–water partition coefficient (Wildman–Crippen LogP) is 1.50. The lowest BCUT2D eigenvalue weighted by atomic mass is 9.82. The van der Waals surface area contributed by atoms with E-state index in [1.807, 2.05) is 17.9 Å². The quantitative estimate of drug-likeness (QED) is 0.584. The highest BCUT2D eigenvalue weighted by Gasteiger charge is 2.24. The van der Waals surface area contributed by atoms with Crippen molar-refractivity contribution in [2.24, 2.45) is 18.8 Å². The summed E-state index contributed by atoms with van der Waals surface area (Å²) in [5.41, 5.74) is 4.16. The van der Waals surface area contributed by atoms with Crippen LogP contribution in [0.4, 0.5) is 0 Å². The molecule has 1 atom stereocenters. The van der Waals surface area contributed by atoms with E-state index in [1.54, 1.807) is 0 Å². The molecule has 4 heteroatoms. The van der Waals surface area contributed by atoms with Crippen molar-refractivity contribution in [2.75, 3.05) is 0 Å². The molecule has 1 aromatic heterocycles. The third-order valence-electron chi connectivity index (χ3n) is 3.38. The molecule has 0 aromatic carbocycles. The van der Waals surface area contributed by atoms with Gasteiger partial charge in [-0.25, -0.2) is 0 Å². The first kappa shape index (κ1) is 10.6. The van der Waals surface area contributed by atoms with Gasteiger partial charge < -0.3 is 0 Å². The smallest absolute Gasteiger partial charge is 0.0538 e. The average molecular weight is 208 g/mol. The second-order valence-electron chi connectivity index (χ2n) is 4.49. The first-order chi connectivity index (χ1) is 7.31. The van der Waals surface area contributed by atoms with Gasteiger partial charge in [-0.15, -0.1) is 0 Å². The first-order valence-corrected chi connectivity index (χ1v) is 5.76. The molecule has 0 radical (unpaired) electrons. The van der Waals surface area contributed by atoms with Gasteiger partial charge in [0, 0.05) is 18.8 Å². The molecular weight excluding hydrogens is 188 g/mol. The minimum atomic E-state index is 0.277. The van der Waals surface area contributed by atoms with Gasteiger partial charge in [-0.05, 0) is 18.8 Å². The summed E-state index contributed by atoms with van der Waals surface area (Å²) in [6.45, 7) is 0. The van der Waals surface area contributed by atoms with Gasteiger partial charge >= 0.3 is 0 Å². The monoisotopic (exact) mass is 208 g/mol. The normalized spacial score (nSPS) is 20.4. The van der Waals surface area contributed by atoms with Gasteiger partial charge in [0.05, 0.1) is 12.2 Å². The van der Waals surface area contributed by atoms with E-state index in [0.29, 0.717) is 5.92 Å². The Balaban J connectivity index is 2.08. The molecule has 15 heavy (non-hydrogen) atoms. The number of rotatable bonds is 3. The van der Waals surface area contributed by atoms with E-state index in [2.05, 4.69) is 16.7 Å². The van der Waals surface area contributed by atoms with E-state index in [0.717, 1.165) is 0 Å². The summed E-state index contributed by atoms with van der Waals surface area (Å²) < 4.78 is 1.84. The third kappa shape index (κ3) is 2.38. The van der Waals surface area contributed by atoms with Crippen molar-refractivity contribution in [3.8, 4) is 0 Å². The maximum atomic E-state index is 5.66. The highest BCUT2D eigenvalue weighted by atomic mass is 15.3. The largest absolute Gasteiger partial charge is 0.275 e. The second kappa shape index (κ2) is 4.77. The summed E-state index contributed by atoms with van der Waals surface area (Å²) in [6, 6.07) is 0.277. The molecule has 0 saturated heterocycles. The molecule has 1 aliphatic carbocycles. The van der Waals surface area contributed by atoms with Crippen LogP contribution >= 0.6 is 0 Å². The third-order valence-corrected chi connectivity index (χ3v) is 3.38. The SMILES string of the molecule is Cn1cc(C(NN)C2CCCCC2)cn1. The molecule has 0 aliphatic heterocycles. The molecule has 1 heterocycles. The molecule has 0 spiro atoms. The van der Waals surface area contributed by atoms with Gasteiger partial charge in [0.2, 0.25) is 0 Å². The fraction of sp³-hybridized carbons (Fsp3) is 0.727. The van der Waals surface area contributed by atoms with Crippen molar-refractivity contribution in [2.45, 2.75) is 38.1 Å². The molecule has 1 fully saturated rings. The number of aromatic nitrogens is 2. The summed E-state index contributed by atoms with van der Waals surface area (Å²) in [6.07, 6.45) is 10.6. The van der Waals surface area contributed by atoms with E-state index in [-0.39, 0.29) is 6.04 Å². The summed E-state index contributed by atoms with van der Waals surface area (Å²) in [5.74, 6) is 6.33. The van der Waals surface area contributed by atoms with Crippen molar-refractivity contribution < 1.29 is 0 Å². The van der Waals surface area contributed by atoms with Crippen LogP contribution in [0.2, 0.25) is 0 Å². The van der Waals surface area contributed by atoms with Crippen LogP contribution in [0, 0.1) is 5.92 Å². The molecule has 1 aliphatic rings. The van der Waals surface area contributed by atoms with Crippen molar-refractivity contribution in [3.05, 3.63) is 18.0 Å². The predicted molar refractivity (Wildman–Crippen MR) is 59.8 cm³/mol. The highest BCUT2D eigenvalue weighted by Crippen LogP contribution is 2.33. The number of nitrogens with one attached hydrogen (secondary N) is 1. The van der Waals surface area contributed by atoms with Gasteiger partial charge in [0.15, 0.2) is 0 Å². The van der Waals surface area contributed by atoms with Crippen LogP contribution in [-0.4, -0.2) is 9.78 Å². The number of nitrogens with zero attached hydrogens (tertiary/aromatic N) is 2. The molecule has 2 rings (SSSR count). The van der Waals surface area contributed by atoms with Crippen LogP contribution in [0.5, 0.6) is 0 Å². The summed E-state index contributed by atoms with van der Waals surface area (Å²) in [4.78, 5) is 0. The molecular formula is C11H20N4. The topological polar surface area (TPSA) is 55.9 Å². The highest BCUT2D eigenvalue weighted by molar-refractivity contribution is 5.11. The number of hydrogen-bond acceptors (Lipinski definition) is 3. The van der Waals surface area contributed by atoms with Gasteiger partial charge in [-0.1, -0.05) is 19.3 Å². The van der Waals surface area contributed by atoms with E-state index in [1.165, 1.54) is 37.7 Å². The Morgan fingerprint density at radius 2 is 2.20 bits per heavy atom. The molecule has 4 nitrogen and oxygen atoms in total. The Labute approximate surface area is 90.8 Å². The Kier molecular flexibility index (Phi) is 3.38. The maximum Gasteiger partial charge on any atom is 0.0538 e. The van der Waals surface area contributed by atoms with Crippen molar-refractivity contribution in [1.29, 1.82) is 0 Å². The second-order valence-corrected chi connectivity index (χ2v) is 4.49. The molecule has 3 N–H and O–H groups in total. The number of hydrogen-bond donors (Lipinski definition) is 2. The Morgan fingerprint density at radius 3 is 2.73 bits per heavy atom. The Morgan fingerprint density at radius 1 is 1.47 bits per heavy atom. The molecule has 1 unspecified atom stereocenters. The maximum absolute atomic E-state index is 5.66. The zero-order chi connectivity index (χ0) is 10.7. The van der Waals surface area contributed by atoms with Crippen molar-refractivity contribution in [3.63, 3.8) is 0 Å². The van der Waals surface area contributed by atoms with Crippen LogP contribution in [-0.2, 0) is 7.05 Å². The zero-order valence-corrected chi connectivity index (χ0v) is 9.32. The fourth-order valence-corrected chi connectivity index (χ4v) is 2.57. The Bertz CT molecular complexity index is 301. The van der Waals surface area contributed by atoms with E-state index < -0.39 is 0 Å². The molecule has 1 aromatic rings. The summed E-state index contributed by atoms with van der Waals surface area (Å²) >= 11 is 0. The van der Waals surface area contributed by atoms with Gasteiger partial charge in [-0.2, -0.15) is 5.10 Å². The van der Waals surface area contributed by atoms with E-state index in [4.69, 9.17) is 5.84 Å². The van der Waals surface area contributed by atoms with Gasteiger partial charge in [-0.3, -0.25) is 16.0 Å². The number of hydrazine groups is 1. The number of nitrogens with two attached hydrogens (primary N) is 1. The fourth-order valence-electron chi connectivity index (χ4n) is 2.57. The standard InChI is InChI=1S/C11H20N4/c1-15-8-10(7-13-15)11(14-12)9-5-3-2-4-6-9/h7-9,11,14H,2-6,12H2,1H3. The van der Waals surface area contributed by atoms with Gasteiger partial charge in [0.1, 0.15) is 0 Å². The van der Waals surface area contributed by atoms with E-state index >= 15 is 0 Å². The van der Waals surface area contributed by atoms with Crippen LogP contribution < -0.4 is 11.3 Å². The van der Waals surface area contributed by atoms with Crippen molar-refractivity contribution in [1.82, 2.24) is 15.2 Å². The number of aryl methyl sites for hydroxylation is 1. The lowest BCUT2D eigenvalue weighted by Gasteiger charge is -2.29. The minimum Gasteiger partial charge on any atom is -0.275 e. The van der Waals surface area contributed by atoms with Crippen LogP contribution in [0.3, 0.4) is 0 Å². The molecule has 84 valence electrons. The van der Waals surface area contributed by atoms with Gasteiger partial charge in [0.25, 0.3) is 0 Å². The van der Waals surface area contributed by atoms with E-state index in [9.17, 15) is 0 Å². The lowest BCUT2D eigenvalue weighted by molar-refractivity contribution is 0.273.